The van der Waals surface area contributed by atoms with Crippen molar-refractivity contribution in [1.29, 1.82) is 0 Å². The molecule has 5 nitrogen and oxygen atoms in total. The van der Waals surface area contributed by atoms with E-state index < -0.39 is 0 Å². The van der Waals surface area contributed by atoms with E-state index in [2.05, 4.69) is 10.1 Å². The molecule has 1 aromatic carbocycles. The van der Waals surface area contributed by atoms with Crippen LogP contribution in [0, 0.1) is 6.92 Å². The Labute approximate surface area is 107 Å². The molecule has 0 amide bonds. The van der Waals surface area contributed by atoms with Gasteiger partial charge in [0, 0.05) is 18.7 Å². The van der Waals surface area contributed by atoms with E-state index in [1.165, 1.54) is 0 Å². The second-order valence-electron chi connectivity index (χ2n) is 4.70. The third kappa shape index (κ3) is 2.41. The summed E-state index contributed by atoms with van der Waals surface area (Å²) in [5.74, 6) is 0.105. The molecule has 0 saturated carbocycles. The number of aryl methyl sites for hydroxylation is 1. The molecule has 0 radical (unpaired) electrons. The second-order valence-corrected chi connectivity index (χ2v) is 4.70. The molecule has 0 aliphatic carbocycles. The van der Waals surface area contributed by atoms with E-state index >= 15 is 0 Å². The summed E-state index contributed by atoms with van der Waals surface area (Å²) in [6.07, 6.45) is 1.48. The van der Waals surface area contributed by atoms with Crippen molar-refractivity contribution in [2.75, 3.05) is 18.0 Å². The predicted molar refractivity (Wildman–Crippen MR) is 71.1 cm³/mol. The minimum Gasteiger partial charge on any atom is -0.409 e. The number of nitrogens with two attached hydrogens (primary N) is 1. The number of benzene rings is 1. The van der Waals surface area contributed by atoms with E-state index in [0.717, 1.165) is 30.6 Å². The quantitative estimate of drug-likeness (QED) is 0.317. The molecule has 1 saturated heterocycles. The summed E-state index contributed by atoms with van der Waals surface area (Å²) < 4.78 is 0. The van der Waals surface area contributed by atoms with Gasteiger partial charge in [-0.15, -0.1) is 0 Å². The number of anilines is 1. The van der Waals surface area contributed by atoms with Crippen molar-refractivity contribution in [1.82, 2.24) is 0 Å². The Bertz CT molecular complexity index is 460. The lowest BCUT2D eigenvalue weighted by Crippen LogP contribution is -2.39. The number of β-amino-alcohol motifs (C(OH)–C–C–N with tert-alkyl or cyclic N) is 1. The molecule has 1 heterocycles. The maximum Gasteiger partial charge on any atom is 0.172 e. The monoisotopic (exact) mass is 249 g/mol. The molecule has 0 bridgehead atoms. The lowest BCUT2D eigenvalue weighted by molar-refractivity contribution is 0.154. The molecule has 0 spiro atoms. The molecule has 98 valence electrons. The van der Waals surface area contributed by atoms with Gasteiger partial charge < -0.3 is 20.9 Å². The standard InChI is InChI=1S/C13H19N3O2/c1-9-4-2-6-11(13(14)15-18)12(9)16-7-3-5-10(17)8-16/h2,4,6,10,17-18H,3,5,7-8H2,1H3,(H2,14,15). The van der Waals surface area contributed by atoms with Crippen LogP contribution in [0.25, 0.3) is 0 Å². The zero-order valence-corrected chi connectivity index (χ0v) is 10.5. The molecule has 2 rings (SSSR count). The van der Waals surface area contributed by atoms with Crippen molar-refractivity contribution in [2.24, 2.45) is 10.9 Å². The molecular weight excluding hydrogens is 230 g/mol. The molecule has 1 aliphatic rings. The molecule has 5 heteroatoms. The van der Waals surface area contributed by atoms with Gasteiger partial charge in [0.25, 0.3) is 0 Å². The Kier molecular flexibility index (Phi) is 3.72. The van der Waals surface area contributed by atoms with Crippen molar-refractivity contribution in [2.45, 2.75) is 25.9 Å². The minimum atomic E-state index is -0.307. The van der Waals surface area contributed by atoms with Crippen LogP contribution in [0.2, 0.25) is 0 Å². The zero-order valence-electron chi connectivity index (χ0n) is 10.5. The van der Waals surface area contributed by atoms with Gasteiger partial charge in [-0.2, -0.15) is 0 Å². The Morgan fingerprint density at radius 2 is 2.28 bits per heavy atom. The average Bonchev–Trinajstić information content (AvgIpc) is 2.37. The van der Waals surface area contributed by atoms with Crippen LogP contribution >= 0.6 is 0 Å². The fourth-order valence-electron chi connectivity index (χ4n) is 2.50. The number of rotatable bonds is 2. The van der Waals surface area contributed by atoms with Crippen LogP contribution in [0.3, 0.4) is 0 Å². The number of amidine groups is 1. The van der Waals surface area contributed by atoms with E-state index in [9.17, 15) is 5.11 Å². The van der Waals surface area contributed by atoms with E-state index in [0.29, 0.717) is 12.1 Å². The number of aliphatic hydroxyl groups is 1. The van der Waals surface area contributed by atoms with Crippen LogP contribution in [0.15, 0.2) is 23.4 Å². The normalized spacial score (nSPS) is 21.1. The highest BCUT2D eigenvalue weighted by molar-refractivity contribution is 6.02. The van der Waals surface area contributed by atoms with Gasteiger partial charge in [0.15, 0.2) is 5.84 Å². The Morgan fingerprint density at radius 1 is 1.50 bits per heavy atom. The molecule has 1 unspecified atom stereocenters. The topological polar surface area (TPSA) is 82.1 Å². The van der Waals surface area contributed by atoms with Crippen molar-refractivity contribution in [3.8, 4) is 0 Å². The highest BCUT2D eigenvalue weighted by Gasteiger charge is 2.22. The summed E-state index contributed by atoms with van der Waals surface area (Å²) in [5, 5.41) is 21.7. The third-order valence-electron chi connectivity index (χ3n) is 3.33. The van der Waals surface area contributed by atoms with Crippen LogP contribution in [-0.2, 0) is 0 Å². The van der Waals surface area contributed by atoms with Crippen molar-refractivity contribution >= 4 is 11.5 Å². The first kappa shape index (κ1) is 12.7. The molecule has 1 aliphatic heterocycles. The first-order chi connectivity index (χ1) is 8.63. The van der Waals surface area contributed by atoms with Crippen molar-refractivity contribution < 1.29 is 10.3 Å². The lowest BCUT2D eigenvalue weighted by atomic mass is 10.0. The number of para-hydroxylation sites is 1. The molecule has 0 aromatic heterocycles. The Balaban J connectivity index is 2.42. The minimum absolute atomic E-state index is 0.105. The van der Waals surface area contributed by atoms with Gasteiger partial charge in [-0.3, -0.25) is 0 Å². The van der Waals surface area contributed by atoms with Gasteiger partial charge in [-0.05, 0) is 31.4 Å². The molecular formula is C13H19N3O2. The third-order valence-corrected chi connectivity index (χ3v) is 3.33. The highest BCUT2D eigenvalue weighted by atomic mass is 16.4. The number of oxime groups is 1. The van der Waals surface area contributed by atoms with Crippen LogP contribution in [-0.4, -0.2) is 35.3 Å². The first-order valence-corrected chi connectivity index (χ1v) is 6.14. The highest BCUT2D eigenvalue weighted by Crippen LogP contribution is 2.28. The van der Waals surface area contributed by atoms with Crippen LogP contribution in [0.5, 0.6) is 0 Å². The molecule has 1 fully saturated rings. The maximum atomic E-state index is 9.77. The number of hydrogen-bond donors (Lipinski definition) is 3. The largest absolute Gasteiger partial charge is 0.409 e. The van der Waals surface area contributed by atoms with E-state index in [-0.39, 0.29) is 11.9 Å². The Morgan fingerprint density at radius 3 is 2.94 bits per heavy atom. The van der Waals surface area contributed by atoms with E-state index in [4.69, 9.17) is 10.9 Å². The van der Waals surface area contributed by atoms with Gasteiger partial charge in [-0.25, -0.2) is 0 Å². The summed E-state index contributed by atoms with van der Waals surface area (Å²) in [6, 6.07) is 5.70. The van der Waals surface area contributed by atoms with Gasteiger partial charge >= 0.3 is 0 Å². The maximum absolute atomic E-state index is 9.77. The van der Waals surface area contributed by atoms with Crippen LogP contribution in [0.4, 0.5) is 5.69 Å². The molecule has 1 aromatic rings. The number of hydrogen-bond acceptors (Lipinski definition) is 4. The number of piperidine rings is 1. The summed E-state index contributed by atoms with van der Waals surface area (Å²) in [4.78, 5) is 2.11. The second kappa shape index (κ2) is 5.27. The van der Waals surface area contributed by atoms with E-state index in [1.807, 2.05) is 25.1 Å². The van der Waals surface area contributed by atoms with E-state index in [1.54, 1.807) is 0 Å². The summed E-state index contributed by atoms with van der Waals surface area (Å²) in [5.41, 5.74) is 8.44. The van der Waals surface area contributed by atoms with Crippen LogP contribution in [0.1, 0.15) is 24.0 Å². The predicted octanol–water partition coefficient (Wildman–Crippen LogP) is 1.05. The van der Waals surface area contributed by atoms with Gasteiger partial charge in [0.2, 0.25) is 0 Å². The SMILES string of the molecule is Cc1cccc(/C(N)=N/O)c1N1CCCC(O)C1. The average molecular weight is 249 g/mol. The fourth-order valence-corrected chi connectivity index (χ4v) is 2.50. The molecule has 18 heavy (non-hydrogen) atoms. The van der Waals surface area contributed by atoms with Crippen LogP contribution < -0.4 is 10.6 Å². The summed E-state index contributed by atoms with van der Waals surface area (Å²) >= 11 is 0. The van der Waals surface area contributed by atoms with Crippen molar-refractivity contribution in [3.63, 3.8) is 0 Å². The number of aliphatic hydroxyl groups excluding tert-OH is 1. The van der Waals surface area contributed by atoms with Gasteiger partial charge in [0.1, 0.15) is 0 Å². The van der Waals surface area contributed by atoms with Gasteiger partial charge in [-0.1, -0.05) is 17.3 Å². The number of nitrogens with zero attached hydrogens (tertiary/aromatic N) is 2. The first-order valence-electron chi connectivity index (χ1n) is 6.14. The summed E-state index contributed by atoms with van der Waals surface area (Å²) in [7, 11) is 0. The fraction of sp³-hybridized carbons (Fsp3) is 0.462. The smallest absolute Gasteiger partial charge is 0.172 e. The lowest BCUT2D eigenvalue weighted by Gasteiger charge is -2.34. The summed E-state index contributed by atoms with van der Waals surface area (Å²) in [6.45, 7) is 3.47. The molecule has 1 atom stereocenters. The van der Waals surface area contributed by atoms with Gasteiger partial charge in [0.05, 0.1) is 11.8 Å². The zero-order chi connectivity index (χ0) is 13.1. The van der Waals surface area contributed by atoms with Crippen molar-refractivity contribution in [3.05, 3.63) is 29.3 Å². The molecule has 4 N–H and O–H groups in total. The Hall–Kier alpha value is -1.75.